The topological polar surface area (TPSA) is 29.1 Å². The predicted octanol–water partition coefficient (Wildman–Crippen LogP) is 2.92. The maximum atomic E-state index is 11.9. The number of amides is 1. The van der Waals surface area contributed by atoms with E-state index in [9.17, 15) is 4.79 Å². The third kappa shape index (κ3) is 2.32. The van der Waals surface area contributed by atoms with E-state index in [2.05, 4.69) is 11.9 Å². The normalized spacial score (nSPS) is 15.3. The average Bonchev–Trinajstić information content (AvgIpc) is 2.22. The molecule has 1 aromatic carbocycles. The summed E-state index contributed by atoms with van der Waals surface area (Å²) in [6.45, 7) is 5.72. The van der Waals surface area contributed by atoms with Crippen LogP contribution in [-0.2, 0) is 0 Å². The van der Waals surface area contributed by atoms with Gasteiger partial charge in [-0.25, -0.2) is 0 Å². The van der Waals surface area contributed by atoms with Gasteiger partial charge in [0.25, 0.3) is 5.91 Å². The molecule has 2 rings (SSSR count). The molecule has 1 aromatic rings. The Balaban J connectivity index is 2.14. The van der Waals surface area contributed by atoms with Gasteiger partial charge in [-0.05, 0) is 49.4 Å². The van der Waals surface area contributed by atoms with Gasteiger partial charge in [-0.15, -0.1) is 0 Å². The Labute approximate surface area is 96.4 Å². The van der Waals surface area contributed by atoms with Crippen molar-refractivity contribution in [3.05, 3.63) is 41.5 Å². The molecule has 0 heterocycles. The molecule has 1 amide bonds. The van der Waals surface area contributed by atoms with Crippen LogP contribution < -0.4 is 5.32 Å². The Morgan fingerprint density at radius 3 is 2.75 bits per heavy atom. The molecule has 0 spiro atoms. The molecule has 16 heavy (non-hydrogen) atoms. The number of aryl methyl sites for hydroxylation is 1. The van der Waals surface area contributed by atoms with E-state index >= 15 is 0 Å². The van der Waals surface area contributed by atoms with Crippen molar-refractivity contribution < 1.29 is 4.79 Å². The van der Waals surface area contributed by atoms with Crippen LogP contribution in [0.4, 0.5) is 0 Å². The first-order chi connectivity index (χ1) is 7.69. The highest BCUT2D eigenvalue weighted by molar-refractivity contribution is 5.95. The van der Waals surface area contributed by atoms with Gasteiger partial charge in [0, 0.05) is 11.6 Å². The van der Waals surface area contributed by atoms with Gasteiger partial charge in [-0.3, -0.25) is 4.79 Å². The third-order valence-electron chi connectivity index (χ3n) is 3.04. The van der Waals surface area contributed by atoms with Crippen molar-refractivity contribution in [3.8, 4) is 0 Å². The lowest BCUT2D eigenvalue weighted by molar-refractivity contribution is 0.0917. The smallest absolute Gasteiger partial charge is 0.251 e. The molecule has 2 heteroatoms. The van der Waals surface area contributed by atoms with Crippen LogP contribution >= 0.6 is 0 Å². The molecule has 84 valence electrons. The lowest BCUT2D eigenvalue weighted by atomic mass is 9.93. The van der Waals surface area contributed by atoms with Crippen molar-refractivity contribution in [1.82, 2.24) is 5.32 Å². The Morgan fingerprint density at radius 2 is 2.19 bits per heavy atom. The quantitative estimate of drug-likeness (QED) is 0.825. The highest BCUT2D eigenvalue weighted by Gasteiger charge is 2.20. The lowest BCUT2D eigenvalue weighted by Crippen LogP contribution is -2.39. The van der Waals surface area contributed by atoms with Gasteiger partial charge >= 0.3 is 0 Å². The molecule has 1 fully saturated rings. The number of carbonyl (C=O) groups excluding carboxylic acids is 1. The summed E-state index contributed by atoms with van der Waals surface area (Å²) in [5.41, 5.74) is 2.83. The second-order valence-electron chi connectivity index (χ2n) is 4.44. The van der Waals surface area contributed by atoms with Gasteiger partial charge in [0.05, 0.1) is 0 Å². The van der Waals surface area contributed by atoms with Crippen molar-refractivity contribution in [2.45, 2.75) is 32.2 Å². The Morgan fingerprint density at radius 1 is 1.44 bits per heavy atom. The fraction of sp³-hybridized carbons (Fsp3) is 0.357. The van der Waals surface area contributed by atoms with Crippen LogP contribution in [0.3, 0.4) is 0 Å². The first-order valence-electron chi connectivity index (χ1n) is 5.74. The zero-order valence-electron chi connectivity index (χ0n) is 9.62. The summed E-state index contributed by atoms with van der Waals surface area (Å²) in [4.78, 5) is 11.9. The van der Waals surface area contributed by atoms with E-state index in [1.165, 1.54) is 6.42 Å². The monoisotopic (exact) mass is 215 g/mol. The fourth-order valence-corrected chi connectivity index (χ4v) is 1.88. The minimum Gasteiger partial charge on any atom is -0.349 e. The number of carbonyl (C=O) groups is 1. The van der Waals surface area contributed by atoms with Gasteiger partial charge in [-0.1, -0.05) is 18.7 Å². The summed E-state index contributed by atoms with van der Waals surface area (Å²) in [6.07, 6.45) is 5.24. The second-order valence-corrected chi connectivity index (χ2v) is 4.44. The molecule has 0 radical (unpaired) electrons. The number of benzene rings is 1. The van der Waals surface area contributed by atoms with Crippen molar-refractivity contribution >= 4 is 12.0 Å². The van der Waals surface area contributed by atoms with Crippen LogP contribution in [-0.4, -0.2) is 11.9 Å². The number of hydrogen-bond donors (Lipinski definition) is 1. The molecule has 1 saturated carbocycles. The molecule has 1 aliphatic carbocycles. The molecular weight excluding hydrogens is 198 g/mol. The summed E-state index contributed by atoms with van der Waals surface area (Å²) in [6, 6.07) is 6.21. The van der Waals surface area contributed by atoms with E-state index in [4.69, 9.17) is 0 Å². The second kappa shape index (κ2) is 4.52. The van der Waals surface area contributed by atoms with Gasteiger partial charge in [0.2, 0.25) is 0 Å². The maximum absolute atomic E-state index is 11.9. The van der Waals surface area contributed by atoms with Gasteiger partial charge in [0.1, 0.15) is 0 Å². The predicted molar refractivity (Wildman–Crippen MR) is 66.4 cm³/mol. The van der Waals surface area contributed by atoms with Crippen LogP contribution in [0.25, 0.3) is 6.08 Å². The molecule has 0 atom stereocenters. The van der Waals surface area contributed by atoms with Crippen molar-refractivity contribution in [1.29, 1.82) is 0 Å². The summed E-state index contributed by atoms with van der Waals surface area (Å²) in [5.74, 6) is 0.0384. The van der Waals surface area contributed by atoms with E-state index in [0.717, 1.165) is 29.5 Å². The highest BCUT2D eigenvalue weighted by atomic mass is 16.1. The first-order valence-corrected chi connectivity index (χ1v) is 5.74. The van der Waals surface area contributed by atoms with Crippen LogP contribution in [0.15, 0.2) is 24.8 Å². The molecule has 0 unspecified atom stereocenters. The molecule has 0 bridgehead atoms. The standard InChI is InChI=1S/C14H17NO/c1-3-11-7-10(2)8-12(9-11)14(16)15-13-5-4-6-13/h3,7-9,13H,1,4-6H2,2H3,(H,15,16). The Kier molecular flexibility index (Phi) is 3.09. The zero-order chi connectivity index (χ0) is 11.5. The third-order valence-corrected chi connectivity index (χ3v) is 3.04. The summed E-state index contributed by atoms with van der Waals surface area (Å²) >= 11 is 0. The molecule has 2 nitrogen and oxygen atoms in total. The van der Waals surface area contributed by atoms with Crippen LogP contribution in [0.2, 0.25) is 0 Å². The van der Waals surface area contributed by atoms with E-state index < -0.39 is 0 Å². The van der Waals surface area contributed by atoms with Crippen LogP contribution in [0.5, 0.6) is 0 Å². The molecule has 0 aromatic heterocycles. The van der Waals surface area contributed by atoms with Crippen molar-refractivity contribution in [2.24, 2.45) is 0 Å². The zero-order valence-corrected chi connectivity index (χ0v) is 9.62. The Hall–Kier alpha value is -1.57. The number of nitrogens with one attached hydrogen (secondary N) is 1. The van der Waals surface area contributed by atoms with Crippen molar-refractivity contribution in [2.75, 3.05) is 0 Å². The van der Waals surface area contributed by atoms with E-state index in [1.807, 2.05) is 25.1 Å². The molecule has 0 aliphatic heterocycles. The molecule has 1 aliphatic rings. The Bertz CT molecular complexity index is 419. The largest absolute Gasteiger partial charge is 0.349 e. The minimum atomic E-state index is 0.0384. The van der Waals surface area contributed by atoms with E-state index in [-0.39, 0.29) is 5.91 Å². The maximum Gasteiger partial charge on any atom is 0.251 e. The lowest BCUT2D eigenvalue weighted by Gasteiger charge is -2.26. The molecular formula is C14H17NO. The van der Waals surface area contributed by atoms with Gasteiger partial charge in [-0.2, -0.15) is 0 Å². The van der Waals surface area contributed by atoms with Gasteiger partial charge in [0.15, 0.2) is 0 Å². The van der Waals surface area contributed by atoms with E-state index in [0.29, 0.717) is 6.04 Å². The fourth-order valence-electron chi connectivity index (χ4n) is 1.88. The first kappa shape index (κ1) is 10.9. The van der Waals surface area contributed by atoms with Crippen molar-refractivity contribution in [3.63, 3.8) is 0 Å². The SMILES string of the molecule is C=Cc1cc(C)cc(C(=O)NC2CCC2)c1. The van der Waals surface area contributed by atoms with Gasteiger partial charge < -0.3 is 5.32 Å². The summed E-state index contributed by atoms with van der Waals surface area (Å²) < 4.78 is 0. The summed E-state index contributed by atoms with van der Waals surface area (Å²) in [5, 5.41) is 3.04. The summed E-state index contributed by atoms with van der Waals surface area (Å²) in [7, 11) is 0. The number of rotatable bonds is 3. The van der Waals surface area contributed by atoms with Crippen LogP contribution in [0.1, 0.15) is 40.7 Å². The number of hydrogen-bond acceptors (Lipinski definition) is 1. The minimum absolute atomic E-state index is 0.0384. The molecule has 1 N–H and O–H groups in total. The molecule has 0 saturated heterocycles. The van der Waals surface area contributed by atoms with E-state index in [1.54, 1.807) is 6.08 Å². The van der Waals surface area contributed by atoms with Crippen LogP contribution in [0, 0.1) is 6.92 Å². The highest BCUT2D eigenvalue weighted by Crippen LogP contribution is 2.19. The average molecular weight is 215 g/mol.